The van der Waals surface area contributed by atoms with Gasteiger partial charge in [-0.15, -0.1) is 0 Å². The largest absolute Gasteiger partial charge is 0.461 e. The van der Waals surface area contributed by atoms with Gasteiger partial charge in [0.1, 0.15) is 16.1 Å². The molecule has 0 saturated carbocycles. The Hall–Kier alpha value is -2.35. The number of esters is 1. The van der Waals surface area contributed by atoms with E-state index >= 15 is 0 Å². The van der Waals surface area contributed by atoms with E-state index in [1.807, 2.05) is 0 Å². The summed E-state index contributed by atoms with van der Waals surface area (Å²) >= 11 is 3.23. The second kappa shape index (κ2) is 6.27. The number of hydrogen-bond acceptors (Lipinski definition) is 3. The Morgan fingerprint density at radius 2 is 2.04 bits per heavy atom. The molecule has 0 fully saturated rings. The number of benzene rings is 1. The zero-order valence-corrected chi connectivity index (χ0v) is 13.9. The molecule has 2 heterocycles. The van der Waals surface area contributed by atoms with E-state index in [4.69, 9.17) is 4.74 Å². The van der Waals surface area contributed by atoms with Crippen molar-refractivity contribution in [3.63, 3.8) is 0 Å². The maximum Gasteiger partial charge on any atom is 0.359 e. The zero-order valence-electron chi connectivity index (χ0n) is 12.3. The van der Waals surface area contributed by atoms with Crippen molar-refractivity contribution in [2.75, 3.05) is 6.61 Å². The fraction of sp³-hybridized carbons (Fsp3) is 0.125. The number of carbonyl (C=O) groups excluding carboxylic acids is 1. The lowest BCUT2D eigenvalue weighted by atomic mass is 10.1. The number of aromatic nitrogens is 2. The van der Waals surface area contributed by atoms with E-state index in [-0.39, 0.29) is 29.1 Å². The molecule has 24 heavy (non-hydrogen) atoms. The van der Waals surface area contributed by atoms with E-state index in [0.29, 0.717) is 10.7 Å². The van der Waals surface area contributed by atoms with E-state index in [0.717, 1.165) is 6.07 Å². The molecule has 0 bridgehead atoms. The first-order valence-electron chi connectivity index (χ1n) is 6.92. The monoisotopic (exact) mass is 398 g/mol. The van der Waals surface area contributed by atoms with Gasteiger partial charge in [0.15, 0.2) is 17.3 Å². The van der Waals surface area contributed by atoms with Crippen LogP contribution in [0.25, 0.3) is 16.8 Å². The molecule has 4 nitrogen and oxygen atoms in total. The predicted molar refractivity (Wildman–Crippen MR) is 84.2 cm³/mol. The number of halogens is 4. The molecule has 124 valence electrons. The average Bonchev–Trinajstić information content (AvgIpc) is 2.88. The molecule has 0 saturated heterocycles. The number of imidazole rings is 1. The van der Waals surface area contributed by atoms with Crippen molar-refractivity contribution in [2.45, 2.75) is 6.92 Å². The Labute approximate surface area is 143 Å². The number of fused-ring (bicyclic) bond motifs is 1. The van der Waals surface area contributed by atoms with Crippen LogP contribution in [0.4, 0.5) is 13.2 Å². The smallest absolute Gasteiger partial charge is 0.359 e. The van der Waals surface area contributed by atoms with Gasteiger partial charge in [0, 0.05) is 23.4 Å². The molecule has 0 unspecified atom stereocenters. The second-order valence-corrected chi connectivity index (χ2v) is 5.59. The maximum atomic E-state index is 14.1. The quantitative estimate of drug-likeness (QED) is 0.486. The standard InChI is InChI=1S/C16H10BrF3N2O2/c1-2-24-16(23)13-14(17)22-5-3-4-9(15(22)21-13)10-6-8(18)7-11(19)12(10)20/h3-7H,2H2,1H3. The molecule has 3 aromatic rings. The molecule has 0 N–H and O–H groups in total. The lowest BCUT2D eigenvalue weighted by molar-refractivity contribution is 0.0519. The van der Waals surface area contributed by atoms with Gasteiger partial charge in [-0.3, -0.25) is 4.40 Å². The van der Waals surface area contributed by atoms with Crippen LogP contribution in [-0.4, -0.2) is 22.0 Å². The highest BCUT2D eigenvalue weighted by Crippen LogP contribution is 2.31. The summed E-state index contributed by atoms with van der Waals surface area (Å²) in [6.07, 6.45) is 1.58. The van der Waals surface area contributed by atoms with Gasteiger partial charge in [-0.25, -0.2) is 22.9 Å². The highest BCUT2D eigenvalue weighted by Gasteiger charge is 2.22. The van der Waals surface area contributed by atoms with Gasteiger partial charge in [0.2, 0.25) is 0 Å². The van der Waals surface area contributed by atoms with Crippen molar-refractivity contribution in [3.05, 3.63) is 58.2 Å². The Morgan fingerprint density at radius 3 is 2.75 bits per heavy atom. The number of nitrogens with zero attached hydrogens (tertiary/aromatic N) is 2. The van der Waals surface area contributed by atoms with Gasteiger partial charge in [-0.1, -0.05) is 0 Å². The third-order valence-corrected chi connectivity index (χ3v) is 4.10. The summed E-state index contributed by atoms with van der Waals surface area (Å²) in [6.45, 7) is 1.81. The highest BCUT2D eigenvalue weighted by atomic mass is 79.9. The summed E-state index contributed by atoms with van der Waals surface area (Å²) in [5, 5.41) is 0. The number of carbonyl (C=O) groups is 1. The van der Waals surface area contributed by atoms with Gasteiger partial charge in [0.05, 0.1) is 6.61 Å². The normalized spacial score (nSPS) is 11.0. The summed E-state index contributed by atoms with van der Waals surface area (Å²) in [6, 6.07) is 4.35. The maximum absolute atomic E-state index is 14.1. The predicted octanol–water partition coefficient (Wildman–Crippen LogP) is 4.36. The Balaban J connectivity index is 2.28. The van der Waals surface area contributed by atoms with Gasteiger partial charge < -0.3 is 4.74 Å². The van der Waals surface area contributed by atoms with Crippen molar-refractivity contribution in [3.8, 4) is 11.1 Å². The van der Waals surface area contributed by atoms with Crippen LogP contribution in [0.5, 0.6) is 0 Å². The molecule has 0 aliphatic heterocycles. The van der Waals surface area contributed by atoms with E-state index in [1.165, 1.54) is 10.5 Å². The molecule has 0 aliphatic rings. The molecule has 2 aromatic heterocycles. The molecule has 3 rings (SSSR count). The fourth-order valence-electron chi connectivity index (χ4n) is 2.33. The molecule has 0 amide bonds. The van der Waals surface area contributed by atoms with Crippen molar-refractivity contribution >= 4 is 27.5 Å². The van der Waals surface area contributed by atoms with E-state index in [2.05, 4.69) is 20.9 Å². The third kappa shape index (κ3) is 2.66. The molecular formula is C16H10BrF3N2O2. The van der Waals surface area contributed by atoms with Crippen LogP contribution in [0.2, 0.25) is 0 Å². The number of pyridine rings is 1. The van der Waals surface area contributed by atoms with Crippen molar-refractivity contribution in [1.82, 2.24) is 9.38 Å². The van der Waals surface area contributed by atoms with Crippen LogP contribution < -0.4 is 0 Å². The minimum absolute atomic E-state index is 0.0124. The van der Waals surface area contributed by atoms with Crippen LogP contribution in [0.15, 0.2) is 35.1 Å². The summed E-state index contributed by atoms with van der Waals surface area (Å²) in [4.78, 5) is 16.1. The van der Waals surface area contributed by atoms with Crippen molar-refractivity contribution in [2.24, 2.45) is 0 Å². The lowest BCUT2D eigenvalue weighted by Crippen LogP contribution is -2.05. The average molecular weight is 399 g/mol. The summed E-state index contributed by atoms with van der Waals surface area (Å²) in [5.41, 5.74) is 0.00793. The fourth-order valence-corrected chi connectivity index (χ4v) is 2.87. The summed E-state index contributed by atoms with van der Waals surface area (Å²) in [7, 11) is 0. The van der Waals surface area contributed by atoms with Crippen molar-refractivity contribution in [1.29, 1.82) is 0 Å². The second-order valence-electron chi connectivity index (χ2n) is 4.84. The van der Waals surface area contributed by atoms with Crippen LogP contribution in [0.3, 0.4) is 0 Å². The summed E-state index contributed by atoms with van der Waals surface area (Å²) < 4.78 is 47.8. The molecule has 1 aromatic carbocycles. The van der Waals surface area contributed by atoms with Crippen LogP contribution in [0.1, 0.15) is 17.4 Å². The topological polar surface area (TPSA) is 43.6 Å². The zero-order chi connectivity index (χ0) is 17.4. The van der Waals surface area contributed by atoms with Crippen LogP contribution in [0, 0.1) is 17.5 Å². The SMILES string of the molecule is CCOC(=O)c1nc2c(-c3cc(F)cc(F)c3F)cccn2c1Br. The molecular weight excluding hydrogens is 389 g/mol. The number of hydrogen-bond donors (Lipinski definition) is 0. The number of ether oxygens (including phenoxy) is 1. The first kappa shape index (κ1) is 16.5. The van der Waals surface area contributed by atoms with Gasteiger partial charge >= 0.3 is 5.97 Å². The van der Waals surface area contributed by atoms with Gasteiger partial charge in [-0.05, 0) is 41.1 Å². The van der Waals surface area contributed by atoms with E-state index in [1.54, 1.807) is 19.2 Å². The van der Waals surface area contributed by atoms with Crippen LogP contribution >= 0.6 is 15.9 Å². The Bertz CT molecular complexity index is 956. The first-order valence-corrected chi connectivity index (χ1v) is 7.72. The minimum atomic E-state index is -1.30. The van der Waals surface area contributed by atoms with Gasteiger partial charge in [0.25, 0.3) is 0 Å². The van der Waals surface area contributed by atoms with Crippen molar-refractivity contribution < 1.29 is 22.7 Å². The summed E-state index contributed by atoms with van der Waals surface area (Å²) in [5.74, 6) is -4.07. The minimum Gasteiger partial charge on any atom is -0.461 e. The van der Waals surface area contributed by atoms with E-state index < -0.39 is 23.4 Å². The van der Waals surface area contributed by atoms with Gasteiger partial charge in [-0.2, -0.15) is 0 Å². The number of rotatable bonds is 3. The molecule has 0 radical (unpaired) electrons. The molecule has 0 spiro atoms. The Morgan fingerprint density at radius 1 is 1.29 bits per heavy atom. The lowest BCUT2D eigenvalue weighted by Gasteiger charge is -2.06. The molecule has 0 aliphatic carbocycles. The first-order chi connectivity index (χ1) is 11.4. The van der Waals surface area contributed by atoms with Crippen LogP contribution in [-0.2, 0) is 4.74 Å². The molecule has 8 heteroatoms. The molecule has 0 atom stereocenters. The Kier molecular flexibility index (Phi) is 4.31. The van der Waals surface area contributed by atoms with E-state index in [9.17, 15) is 18.0 Å². The highest BCUT2D eigenvalue weighted by molar-refractivity contribution is 9.10. The third-order valence-electron chi connectivity index (χ3n) is 3.34.